The number of halogens is 1. The molecule has 0 aliphatic rings. The standard InChI is InChI=1S/C2H3BrO.CH3O.2CH4.Na/c3-1-2-4;1-2;;;/h2H,1H2;2H,1H2;2*1H4;/q;-1;;;+1. The molecule has 0 fully saturated rings. The zero-order valence-electron chi connectivity index (χ0n) is 4.22. The fourth-order valence-corrected chi connectivity index (χ4v) is 0. The van der Waals surface area contributed by atoms with Crippen LogP contribution in [0.4, 0.5) is 0 Å². The van der Waals surface area contributed by atoms with E-state index in [0.717, 1.165) is 6.29 Å². The van der Waals surface area contributed by atoms with Gasteiger partial charge in [-0.05, 0) is 0 Å². The number of hydrogen-bond donors (Lipinski definition) is 1. The maximum absolute atomic E-state index is 9.13. The van der Waals surface area contributed by atoms with E-state index < -0.39 is 0 Å². The van der Waals surface area contributed by atoms with Crippen molar-refractivity contribution in [1.82, 2.24) is 0 Å². The third-order valence-electron chi connectivity index (χ3n) is 0.0630. The normalized spacial score (nSPS) is 3.44. The first kappa shape index (κ1) is 32.1. The Morgan fingerprint density at radius 3 is 1.56 bits per heavy atom. The molecule has 0 aliphatic heterocycles. The van der Waals surface area contributed by atoms with Crippen LogP contribution in [0.2, 0.25) is 0 Å². The molecule has 0 unspecified atom stereocenters. The minimum Gasteiger partial charge on any atom is -0.569 e. The predicted molar refractivity (Wildman–Crippen MR) is 40.6 cm³/mol. The summed E-state index contributed by atoms with van der Waals surface area (Å²) in [5.41, 5.74) is 0. The molecule has 2 nitrogen and oxygen atoms in total. The first-order chi connectivity index (χ1) is 2.91. The van der Waals surface area contributed by atoms with Gasteiger partial charge in [0.25, 0.3) is 0 Å². The minimum atomic E-state index is 0. The third kappa shape index (κ3) is 103. The number of carbonyl (C=O) groups excluding carboxylic acids is 1. The van der Waals surface area contributed by atoms with Gasteiger partial charge in [0.15, 0.2) is 0 Å². The van der Waals surface area contributed by atoms with Crippen molar-refractivity contribution in [2.45, 2.75) is 14.9 Å². The summed E-state index contributed by atoms with van der Waals surface area (Å²) in [7, 11) is 2.25. The van der Waals surface area contributed by atoms with Gasteiger partial charge < -0.3 is 9.90 Å². The summed E-state index contributed by atoms with van der Waals surface area (Å²) in [5.74, 6) is 0. The molecule has 0 aromatic carbocycles. The van der Waals surface area contributed by atoms with Crippen molar-refractivity contribution < 1.29 is 39.5 Å². The minimum absolute atomic E-state index is 0. The molecule has 0 amide bonds. The number of hydrogen-bond acceptors (Lipinski definition) is 2. The van der Waals surface area contributed by atoms with Gasteiger partial charge in [-0.15, -0.1) is 0 Å². The summed E-state index contributed by atoms with van der Waals surface area (Å²) in [4.78, 5) is 9.13. The van der Waals surface area contributed by atoms with Gasteiger partial charge in [-0.1, -0.05) is 30.8 Å². The summed E-state index contributed by atoms with van der Waals surface area (Å²) in [6.07, 6.45) is 0.792. The van der Waals surface area contributed by atoms with E-state index in [2.05, 4.69) is 23.0 Å². The van der Waals surface area contributed by atoms with Crippen LogP contribution >= 0.6 is 15.9 Å². The van der Waals surface area contributed by atoms with Gasteiger partial charge >= 0.3 is 29.6 Å². The maximum Gasteiger partial charge on any atom is 1.00 e. The van der Waals surface area contributed by atoms with E-state index in [1.807, 2.05) is 0 Å². The van der Waals surface area contributed by atoms with Crippen LogP contribution in [0.1, 0.15) is 14.9 Å². The van der Waals surface area contributed by atoms with Crippen LogP contribution in [0, 0.1) is 7.11 Å². The van der Waals surface area contributed by atoms with Crippen molar-refractivity contribution in [3.8, 4) is 0 Å². The van der Waals surface area contributed by atoms with Crippen molar-refractivity contribution in [3.05, 3.63) is 7.11 Å². The molecule has 0 saturated carbocycles. The zero-order valence-corrected chi connectivity index (χ0v) is 7.81. The number of aliphatic hydroxyl groups is 1. The first-order valence-electron chi connectivity index (χ1n) is 1.23. The number of aldehydes is 1. The molecule has 9 heavy (non-hydrogen) atoms. The van der Waals surface area contributed by atoms with E-state index in [1.54, 1.807) is 0 Å². The number of alkyl halides is 1. The van der Waals surface area contributed by atoms with Crippen LogP contribution < -0.4 is 29.6 Å². The Hall–Kier alpha value is 1.11. The molecule has 0 rings (SSSR count). The third-order valence-corrected chi connectivity index (χ3v) is 0.327. The quantitative estimate of drug-likeness (QED) is 0.260. The second-order valence-electron chi connectivity index (χ2n) is 0.321. The molecular formula is C5H14BrNaO2. The second-order valence-corrected chi connectivity index (χ2v) is 0.968. The molecule has 0 saturated heterocycles. The van der Waals surface area contributed by atoms with Gasteiger partial charge in [0, 0.05) is 0 Å². The Morgan fingerprint density at radius 2 is 1.56 bits per heavy atom. The molecule has 0 aromatic heterocycles. The summed E-state index contributed by atoms with van der Waals surface area (Å²) >= 11 is 2.88. The Kier molecular flexibility index (Phi) is 221. The fraction of sp³-hybridized carbons (Fsp3) is 0.600. The van der Waals surface area contributed by atoms with Gasteiger partial charge in [0.2, 0.25) is 0 Å². The van der Waals surface area contributed by atoms with Crippen molar-refractivity contribution in [3.63, 3.8) is 0 Å². The molecule has 0 aliphatic carbocycles. The Balaban J connectivity index is -0.00000000990. The van der Waals surface area contributed by atoms with Gasteiger partial charge in [0.1, 0.15) is 6.29 Å². The summed E-state index contributed by atoms with van der Waals surface area (Å²) in [6.45, 7) is 0. The molecular weight excluding hydrogens is 195 g/mol. The average Bonchev–Trinajstić information content (AvgIpc) is 1.72. The van der Waals surface area contributed by atoms with Crippen LogP contribution in [0.25, 0.3) is 0 Å². The molecule has 4 heteroatoms. The van der Waals surface area contributed by atoms with E-state index in [0.29, 0.717) is 5.33 Å². The van der Waals surface area contributed by atoms with Crippen molar-refractivity contribution in [1.29, 1.82) is 0 Å². The van der Waals surface area contributed by atoms with Crippen molar-refractivity contribution in [2.75, 3.05) is 5.33 Å². The summed E-state index contributed by atoms with van der Waals surface area (Å²) in [6, 6.07) is 0. The van der Waals surface area contributed by atoms with E-state index in [1.165, 1.54) is 0 Å². The molecule has 0 aromatic rings. The van der Waals surface area contributed by atoms with E-state index >= 15 is 0 Å². The SMILES string of the molecule is C.C.O=CCBr.[CH2-]O.[Na+]. The molecule has 1 N–H and O–H groups in total. The molecule has 0 spiro atoms. The van der Waals surface area contributed by atoms with Crippen LogP contribution in [-0.2, 0) is 4.79 Å². The monoisotopic (exact) mass is 208 g/mol. The summed E-state index contributed by atoms with van der Waals surface area (Å²) < 4.78 is 0. The number of aliphatic hydroxyl groups excluding tert-OH is 1. The first-order valence-corrected chi connectivity index (χ1v) is 2.35. The van der Waals surface area contributed by atoms with Gasteiger partial charge in [0.05, 0.1) is 5.33 Å². The molecule has 0 atom stereocenters. The van der Waals surface area contributed by atoms with Gasteiger partial charge in [-0.25, -0.2) is 7.11 Å². The van der Waals surface area contributed by atoms with Crippen molar-refractivity contribution >= 4 is 22.2 Å². The van der Waals surface area contributed by atoms with E-state index in [-0.39, 0.29) is 44.4 Å². The zero-order chi connectivity index (χ0) is 5.41. The van der Waals surface area contributed by atoms with Crippen molar-refractivity contribution in [2.24, 2.45) is 0 Å². The topological polar surface area (TPSA) is 37.3 Å². The Labute approximate surface area is 88.5 Å². The van der Waals surface area contributed by atoms with Crippen LogP contribution in [-0.4, -0.2) is 16.7 Å². The average molecular weight is 209 g/mol. The van der Waals surface area contributed by atoms with E-state index in [4.69, 9.17) is 9.90 Å². The van der Waals surface area contributed by atoms with Crippen LogP contribution in [0.15, 0.2) is 0 Å². The maximum atomic E-state index is 9.13. The molecule has 54 valence electrons. The summed E-state index contributed by atoms with van der Waals surface area (Å²) in [5, 5.41) is 7.20. The van der Waals surface area contributed by atoms with Crippen LogP contribution in [0.5, 0.6) is 0 Å². The second kappa shape index (κ2) is 61.9. The Morgan fingerprint density at radius 1 is 1.44 bits per heavy atom. The number of rotatable bonds is 1. The molecule has 0 radical (unpaired) electrons. The predicted octanol–water partition coefficient (Wildman–Crippen LogP) is -0.993. The largest absolute Gasteiger partial charge is 1.00 e. The smallest absolute Gasteiger partial charge is 0.569 e. The number of carbonyl (C=O) groups is 1. The fourth-order valence-electron chi connectivity index (χ4n) is 0. The Bertz CT molecular complexity index is 28.9. The molecule has 0 heterocycles. The van der Waals surface area contributed by atoms with Gasteiger partial charge in [-0.2, -0.15) is 0 Å². The molecule has 0 bridgehead atoms. The van der Waals surface area contributed by atoms with E-state index in [9.17, 15) is 0 Å². The van der Waals surface area contributed by atoms with Crippen LogP contribution in [0.3, 0.4) is 0 Å². The van der Waals surface area contributed by atoms with Gasteiger partial charge in [-0.3, -0.25) is 0 Å².